The van der Waals surface area contributed by atoms with E-state index in [1.165, 1.54) is 82.3 Å². The molecule has 2 heteroatoms. The molecule has 0 amide bonds. The Morgan fingerprint density at radius 2 is 0.672 bits per heavy atom. The average Bonchev–Trinajstić information content (AvgIpc) is 3.70. The minimum atomic E-state index is 1.09. The lowest BCUT2D eigenvalue weighted by Gasteiger charge is -2.26. The Hall–Kier alpha value is -8.46. The van der Waals surface area contributed by atoms with E-state index in [1.54, 1.807) is 0 Å². The standard InChI is InChI=1S/C62H42N2/c1-2-14-43(15-3-1)44-28-35-50(36-29-44)63(51-37-30-47(31-38-51)55-24-12-18-45-16-4-6-20-53(45)55)52-39-32-48(33-40-52)57-22-8-10-26-60(57)64-61-27-11-9-23-58(61)59-42-49(34-41-62(59)64)56-25-13-19-46-17-5-7-21-54(46)56/h1-42H. The molecule has 1 aromatic heterocycles. The van der Waals surface area contributed by atoms with E-state index in [-0.39, 0.29) is 0 Å². The van der Waals surface area contributed by atoms with Crippen LogP contribution in [0.2, 0.25) is 0 Å². The zero-order chi connectivity index (χ0) is 42.4. The van der Waals surface area contributed by atoms with Crippen molar-refractivity contribution >= 4 is 60.4 Å². The second kappa shape index (κ2) is 15.8. The molecule has 12 aromatic rings. The van der Waals surface area contributed by atoms with Crippen LogP contribution >= 0.6 is 0 Å². The third kappa shape index (κ3) is 6.52. The summed E-state index contributed by atoms with van der Waals surface area (Å²) in [7, 11) is 0. The number of aromatic nitrogens is 1. The van der Waals surface area contributed by atoms with E-state index in [2.05, 4.69) is 264 Å². The molecule has 0 aliphatic carbocycles. The molecule has 1 heterocycles. The molecule has 0 N–H and O–H groups in total. The first kappa shape index (κ1) is 37.3. The van der Waals surface area contributed by atoms with Crippen molar-refractivity contribution in [2.75, 3.05) is 4.90 Å². The summed E-state index contributed by atoms with van der Waals surface area (Å²) in [5, 5.41) is 7.50. The van der Waals surface area contributed by atoms with Gasteiger partial charge in [-0.05, 0) is 121 Å². The van der Waals surface area contributed by atoms with Crippen LogP contribution in [0.3, 0.4) is 0 Å². The summed E-state index contributed by atoms with van der Waals surface area (Å²) in [5.41, 5.74) is 16.4. The minimum absolute atomic E-state index is 1.09. The summed E-state index contributed by atoms with van der Waals surface area (Å²) < 4.78 is 2.44. The Kier molecular flexibility index (Phi) is 9.20. The third-order valence-electron chi connectivity index (χ3n) is 12.8. The van der Waals surface area contributed by atoms with Gasteiger partial charge in [0.1, 0.15) is 0 Å². The maximum atomic E-state index is 2.44. The second-order valence-electron chi connectivity index (χ2n) is 16.5. The molecule has 0 bridgehead atoms. The van der Waals surface area contributed by atoms with Crippen LogP contribution in [0.25, 0.3) is 93.5 Å². The highest BCUT2D eigenvalue weighted by Gasteiger charge is 2.19. The van der Waals surface area contributed by atoms with Gasteiger partial charge in [0.15, 0.2) is 0 Å². The predicted molar refractivity (Wildman–Crippen MR) is 272 cm³/mol. The Balaban J connectivity index is 0.945. The second-order valence-corrected chi connectivity index (χ2v) is 16.5. The van der Waals surface area contributed by atoms with Gasteiger partial charge in [-0.25, -0.2) is 0 Å². The maximum Gasteiger partial charge on any atom is 0.0541 e. The lowest BCUT2D eigenvalue weighted by molar-refractivity contribution is 1.18. The quantitative estimate of drug-likeness (QED) is 0.148. The fourth-order valence-electron chi connectivity index (χ4n) is 9.73. The molecule has 64 heavy (non-hydrogen) atoms. The maximum absolute atomic E-state index is 2.44. The molecule has 12 rings (SSSR count). The molecule has 0 aliphatic rings. The van der Waals surface area contributed by atoms with Gasteiger partial charge < -0.3 is 9.47 Å². The third-order valence-corrected chi connectivity index (χ3v) is 12.8. The summed E-state index contributed by atoms with van der Waals surface area (Å²) in [5.74, 6) is 0. The molecule has 11 aromatic carbocycles. The first-order chi connectivity index (χ1) is 31.7. The summed E-state index contributed by atoms with van der Waals surface area (Å²) in [6.45, 7) is 0. The monoisotopic (exact) mass is 814 g/mol. The van der Waals surface area contributed by atoms with E-state index >= 15 is 0 Å². The van der Waals surface area contributed by atoms with Gasteiger partial charge in [-0.2, -0.15) is 0 Å². The molecule has 0 radical (unpaired) electrons. The lowest BCUT2D eigenvalue weighted by atomic mass is 9.97. The van der Waals surface area contributed by atoms with Crippen molar-refractivity contribution in [2.45, 2.75) is 0 Å². The number of fused-ring (bicyclic) bond motifs is 5. The van der Waals surface area contributed by atoms with Crippen LogP contribution in [-0.2, 0) is 0 Å². The summed E-state index contributed by atoms with van der Waals surface area (Å²) >= 11 is 0. The highest BCUT2D eigenvalue weighted by atomic mass is 15.1. The minimum Gasteiger partial charge on any atom is -0.311 e. The van der Waals surface area contributed by atoms with Crippen molar-refractivity contribution in [3.63, 3.8) is 0 Å². The number of anilines is 3. The molecule has 0 unspecified atom stereocenters. The lowest BCUT2D eigenvalue weighted by Crippen LogP contribution is -2.09. The summed E-state index contributed by atoms with van der Waals surface area (Å²) in [4.78, 5) is 2.36. The van der Waals surface area contributed by atoms with Gasteiger partial charge in [0.05, 0.1) is 16.7 Å². The Morgan fingerprint density at radius 3 is 1.31 bits per heavy atom. The topological polar surface area (TPSA) is 8.17 Å². The Morgan fingerprint density at radius 1 is 0.250 bits per heavy atom. The molecule has 300 valence electrons. The average molecular weight is 815 g/mol. The zero-order valence-electron chi connectivity index (χ0n) is 35.1. The van der Waals surface area contributed by atoms with E-state index in [4.69, 9.17) is 0 Å². The van der Waals surface area contributed by atoms with Crippen molar-refractivity contribution in [2.24, 2.45) is 0 Å². The first-order valence-corrected chi connectivity index (χ1v) is 22.0. The Bertz CT molecular complexity index is 3630. The van der Waals surface area contributed by atoms with Crippen LogP contribution in [0, 0.1) is 0 Å². The van der Waals surface area contributed by atoms with Crippen LogP contribution in [0.5, 0.6) is 0 Å². The smallest absolute Gasteiger partial charge is 0.0541 e. The van der Waals surface area contributed by atoms with Gasteiger partial charge in [-0.3, -0.25) is 0 Å². The van der Waals surface area contributed by atoms with Gasteiger partial charge in [0.25, 0.3) is 0 Å². The normalized spacial score (nSPS) is 11.4. The van der Waals surface area contributed by atoms with E-state index in [0.29, 0.717) is 0 Å². The van der Waals surface area contributed by atoms with E-state index < -0.39 is 0 Å². The summed E-state index contributed by atoms with van der Waals surface area (Å²) in [6.07, 6.45) is 0. The SMILES string of the molecule is c1ccc(-c2ccc(N(c3ccc(-c4ccccc4-n4c5ccccc5c5cc(-c6cccc7ccccc67)ccc54)cc3)c3ccc(-c4cccc5ccccc45)cc3)cc2)cc1. The number of nitrogens with zero attached hydrogens (tertiary/aromatic N) is 2. The van der Waals surface area contributed by atoms with Gasteiger partial charge >= 0.3 is 0 Å². The molecular weight excluding hydrogens is 773 g/mol. The molecule has 0 aliphatic heterocycles. The largest absolute Gasteiger partial charge is 0.311 e. The van der Waals surface area contributed by atoms with Gasteiger partial charge in [0.2, 0.25) is 0 Å². The van der Waals surface area contributed by atoms with Crippen molar-refractivity contribution in [1.29, 1.82) is 0 Å². The van der Waals surface area contributed by atoms with Gasteiger partial charge in [0, 0.05) is 33.4 Å². The fraction of sp³-hybridized carbons (Fsp3) is 0. The highest BCUT2D eigenvalue weighted by molar-refractivity contribution is 6.12. The molecule has 0 saturated heterocycles. The van der Waals surface area contributed by atoms with Crippen LogP contribution in [0.15, 0.2) is 255 Å². The number of hydrogen-bond acceptors (Lipinski definition) is 1. The van der Waals surface area contributed by atoms with Crippen LogP contribution in [0.4, 0.5) is 17.1 Å². The van der Waals surface area contributed by atoms with E-state index in [9.17, 15) is 0 Å². The zero-order valence-corrected chi connectivity index (χ0v) is 35.1. The Labute approximate surface area is 373 Å². The van der Waals surface area contributed by atoms with Crippen LogP contribution in [0.1, 0.15) is 0 Å². The molecule has 0 saturated carbocycles. The van der Waals surface area contributed by atoms with E-state index in [0.717, 1.165) is 28.3 Å². The predicted octanol–water partition coefficient (Wildman–Crippen LogP) is 17.2. The van der Waals surface area contributed by atoms with Crippen molar-refractivity contribution in [3.8, 4) is 50.2 Å². The summed E-state index contributed by atoms with van der Waals surface area (Å²) in [6, 6.07) is 92.6. The van der Waals surface area contributed by atoms with E-state index in [1.807, 2.05) is 0 Å². The molecular formula is C62H42N2. The van der Waals surface area contributed by atoms with Crippen molar-refractivity contribution in [1.82, 2.24) is 4.57 Å². The van der Waals surface area contributed by atoms with Crippen molar-refractivity contribution in [3.05, 3.63) is 255 Å². The molecule has 0 spiro atoms. The number of benzene rings is 11. The first-order valence-electron chi connectivity index (χ1n) is 22.0. The number of para-hydroxylation sites is 2. The van der Waals surface area contributed by atoms with Crippen LogP contribution in [-0.4, -0.2) is 4.57 Å². The molecule has 0 atom stereocenters. The molecule has 2 nitrogen and oxygen atoms in total. The van der Waals surface area contributed by atoms with Crippen LogP contribution < -0.4 is 4.90 Å². The van der Waals surface area contributed by atoms with Gasteiger partial charge in [-0.15, -0.1) is 0 Å². The number of rotatable bonds is 8. The number of hydrogen-bond donors (Lipinski definition) is 0. The van der Waals surface area contributed by atoms with Crippen molar-refractivity contribution < 1.29 is 0 Å². The highest BCUT2D eigenvalue weighted by Crippen LogP contribution is 2.42. The fourth-order valence-corrected chi connectivity index (χ4v) is 9.73. The van der Waals surface area contributed by atoms with Gasteiger partial charge in [-0.1, -0.05) is 194 Å². The molecule has 0 fully saturated rings.